The van der Waals surface area contributed by atoms with Crippen molar-refractivity contribution in [2.75, 3.05) is 20.6 Å². The van der Waals surface area contributed by atoms with E-state index >= 15 is 0 Å². The van der Waals surface area contributed by atoms with Crippen molar-refractivity contribution in [1.29, 1.82) is 0 Å². The molecule has 1 N–H and O–H groups in total. The van der Waals surface area contributed by atoms with Crippen LogP contribution in [0.2, 0.25) is 0 Å². The predicted octanol–water partition coefficient (Wildman–Crippen LogP) is 4.23. The molecule has 25 heavy (non-hydrogen) atoms. The zero-order chi connectivity index (χ0) is 17.9. The van der Waals surface area contributed by atoms with Crippen LogP contribution in [-0.2, 0) is 12.0 Å². The predicted molar refractivity (Wildman–Crippen MR) is 99.8 cm³/mol. The van der Waals surface area contributed by atoms with Crippen LogP contribution >= 0.6 is 0 Å². The Labute approximate surface area is 150 Å². The summed E-state index contributed by atoms with van der Waals surface area (Å²) in [5.41, 5.74) is 1.45. The van der Waals surface area contributed by atoms with Crippen molar-refractivity contribution in [3.05, 3.63) is 71.5 Å². The minimum absolute atomic E-state index is 0.184. The quantitative estimate of drug-likeness (QED) is 0.879. The molecule has 0 aromatic heterocycles. The molecule has 134 valence electrons. The molecular formula is C22H28FNO. The summed E-state index contributed by atoms with van der Waals surface area (Å²) in [7, 11) is 4.13. The van der Waals surface area contributed by atoms with Gasteiger partial charge in [-0.2, -0.15) is 0 Å². The molecule has 0 heterocycles. The Hall–Kier alpha value is -1.71. The number of benzene rings is 2. The van der Waals surface area contributed by atoms with Crippen LogP contribution in [0.15, 0.2) is 54.6 Å². The number of halogens is 1. The van der Waals surface area contributed by atoms with Gasteiger partial charge < -0.3 is 10.0 Å². The molecule has 3 atom stereocenters. The normalized spacial score (nSPS) is 26.8. The van der Waals surface area contributed by atoms with Gasteiger partial charge >= 0.3 is 0 Å². The third kappa shape index (κ3) is 4.28. The fourth-order valence-electron chi connectivity index (χ4n) is 4.26. The monoisotopic (exact) mass is 341 g/mol. The van der Waals surface area contributed by atoms with Gasteiger partial charge in [-0.25, -0.2) is 4.39 Å². The molecular weight excluding hydrogens is 313 g/mol. The highest BCUT2D eigenvalue weighted by Crippen LogP contribution is 2.45. The highest BCUT2D eigenvalue weighted by atomic mass is 19.1. The Morgan fingerprint density at radius 3 is 2.40 bits per heavy atom. The first kappa shape index (κ1) is 18.1. The average molecular weight is 341 g/mol. The summed E-state index contributed by atoms with van der Waals surface area (Å²) in [6.45, 7) is 0.866. The molecule has 0 aliphatic heterocycles. The first-order valence-corrected chi connectivity index (χ1v) is 9.14. The summed E-state index contributed by atoms with van der Waals surface area (Å²) in [6, 6.07) is 16.9. The molecule has 3 rings (SSSR count). The zero-order valence-corrected chi connectivity index (χ0v) is 15.2. The Kier molecular flexibility index (Phi) is 5.55. The number of aliphatic hydroxyl groups is 1. The number of rotatable bonds is 5. The van der Waals surface area contributed by atoms with Crippen LogP contribution in [0.4, 0.5) is 4.39 Å². The molecule has 0 bridgehead atoms. The highest BCUT2D eigenvalue weighted by Gasteiger charge is 2.43. The van der Waals surface area contributed by atoms with Crippen LogP contribution in [0.1, 0.15) is 30.4 Å². The van der Waals surface area contributed by atoms with Crippen LogP contribution in [0.5, 0.6) is 0 Å². The molecule has 0 amide bonds. The molecule has 1 aliphatic carbocycles. The van der Waals surface area contributed by atoms with Gasteiger partial charge in [0.15, 0.2) is 0 Å². The average Bonchev–Trinajstić information content (AvgIpc) is 2.60. The lowest BCUT2D eigenvalue weighted by atomic mass is 9.66. The van der Waals surface area contributed by atoms with Gasteiger partial charge in [0, 0.05) is 12.5 Å². The van der Waals surface area contributed by atoms with E-state index in [-0.39, 0.29) is 11.7 Å². The Morgan fingerprint density at radius 2 is 1.76 bits per heavy atom. The van der Waals surface area contributed by atoms with E-state index in [1.54, 1.807) is 0 Å². The van der Waals surface area contributed by atoms with E-state index in [4.69, 9.17) is 0 Å². The smallest absolute Gasteiger partial charge is 0.123 e. The van der Waals surface area contributed by atoms with Crippen molar-refractivity contribution >= 4 is 0 Å². The lowest BCUT2D eigenvalue weighted by molar-refractivity contribution is -0.0752. The largest absolute Gasteiger partial charge is 0.385 e. The lowest BCUT2D eigenvalue weighted by Crippen LogP contribution is -2.45. The van der Waals surface area contributed by atoms with E-state index in [2.05, 4.69) is 19.0 Å². The van der Waals surface area contributed by atoms with Crippen molar-refractivity contribution < 1.29 is 9.50 Å². The lowest BCUT2D eigenvalue weighted by Gasteiger charge is -2.44. The summed E-state index contributed by atoms with van der Waals surface area (Å²) >= 11 is 0. The van der Waals surface area contributed by atoms with Gasteiger partial charge in [-0.3, -0.25) is 0 Å². The van der Waals surface area contributed by atoms with Crippen molar-refractivity contribution in [1.82, 2.24) is 4.90 Å². The van der Waals surface area contributed by atoms with Crippen LogP contribution < -0.4 is 0 Å². The van der Waals surface area contributed by atoms with Crippen molar-refractivity contribution in [3.63, 3.8) is 0 Å². The third-order valence-electron chi connectivity index (χ3n) is 5.52. The summed E-state index contributed by atoms with van der Waals surface area (Å²) in [5.74, 6) is 0.542. The maximum atomic E-state index is 13.1. The van der Waals surface area contributed by atoms with Crippen molar-refractivity contribution in [2.45, 2.75) is 31.3 Å². The molecule has 0 spiro atoms. The Balaban J connectivity index is 1.77. The molecule has 1 aliphatic rings. The molecule has 1 saturated carbocycles. The summed E-state index contributed by atoms with van der Waals surface area (Å²) in [5, 5.41) is 11.5. The Bertz CT molecular complexity index is 670. The molecule has 2 nitrogen and oxygen atoms in total. The van der Waals surface area contributed by atoms with E-state index in [0.717, 1.165) is 37.8 Å². The molecule has 0 radical (unpaired) electrons. The molecule has 1 fully saturated rings. The van der Waals surface area contributed by atoms with Crippen molar-refractivity contribution in [3.8, 4) is 0 Å². The van der Waals surface area contributed by atoms with E-state index in [1.165, 1.54) is 17.7 Å². The second-order valence-corrected chi connectivity index (χ2v) is 7.72. The summed E-state index contributed by atoms with van der Waals surface area (Å²) in [4.78, 5) is 2.17. The maximum Gasteiger partial charge on any atom is 0.123 e. The first-order valence-electron chi connectivity index (χ1n) is 9.14. The van der Waals surface area contributed by atoms with Crippen LogP contribution in [0, 0.1) is 17.7 Å². The zero-order valence-electron chi connectivity index (χ0n) is 15.2. The van der Waals surface area contributed by atoms with Crippen LogP contribution in [0.25, 0.3) is 0 Å². The minimum atomic E-state index is -0.759. The van der Waals surface area contributed by atoms with Gasteiger partial charge in [-0.05, 0) is 69.0 Å². The van der Waals surface area contributed by atoms with Gasteiger partial charge in [-0.1, -0.05) is 42.5 Å². The van der Waals surface area contributed by atoms with E-state index in [9.17, 15) is 9.50 Å². The molecule has 3 heteroatoms. The fourth-order valence-corrected chi connectivity index (χ4v) is 4.26. The minimum Gasteiger partial charge on any atom is -0.385 e. The first-order chi connectivity index (χ1) is 12.0. The summed E-state index contributed by atoms with van der Waals surface area (Å²) in [6.07, 6.45) is 3.71. The van der Waals surface area contributed by atoms with Crippen molar-refractivity contribution in [2.24, 2.45) is 11.8 Å². The molecule has 2 aromatic rings. The van der Waals surface area contributed by atoms with Gasteiger partial charge in [0.1, 0.15) is 5.82 Å². The molecule has 2 aromatic carbocycles. The number of hydrogen-bond donors (Lipinski definition) is 1. The van der Waals surface area contributed by atoms with Crippen LogP contribution in [0.3, 0.4) is 0 Å². The number of nitrogens with zero attached hydrogens (tertiary/aromatic N) is 1. The van der Waals surface area contributed by atoms with Gasteiger partial charge in [0.25, 0.3) is 0 Å². The SMILES string of the molecule is CN(C)CC1CC(Cc2ccc(F)cc2)CCC1(O)c1ccccc1. The fraction of sp³-hybridized carbons (Fsp3) is 0.455. The standard InChI is InChI=1S/C22H28FNO/c1-24(2)16-20-15-18(14-17-8-10-21(23)11-9-17)12-13-22(20,25)19-6-4-3-5-7-19/h3-11,18,20,25H,12-16H2,1-2H3. The summed E-state index contributed by atoms with van der Waals surface area (Å²) < 4.78 is 13.1. The van der Waals surface area contributed by atoms with Gasteiger partial charge in [-0.15, -0.1) is 0 Å². The van der Waals surface area contributed by atoms with Crippen LogP contribution in [-0.4, -0.2) is 30.6 Å². The highest BCUT2D eigenvalue weighted by molar-refractivity contribution is 5.25. The second-order valence-electron chi connectivity index (χ2n) is 7.72. The Morgan fingerprint density at radius 1 is 1.08 bits per heavy atom. The maximum absolute atomic E-state index is 13.1. The van der Waals surface area contributed by atoms with Gasteiger partial charge in [0.2, 0.25) is 0 Å². The van der Waals surface area contributed by atoms with E-state index < -0.39 is 5.60 Å². The van der Waals surface area contributed by atoms with E-state index in [1.807, 2.05) is 42.5 Å². The third-order valence-corrected chi connectivity index (χ3v) is 5.52. The number of hydrogen-bond acceptors (Lipinski definition) is 2. The molecule has 3 unspecified atom stereocenters. The van der Waals surface area contributed by atoms with E-state index in [0.29, 0.717) is 5.92 Å². The van der Waals surface area contributed by atoms with Gasteiger partial charge in [0.05, 0.1) is 5.60 Å². The second kappa shape index (κ2) is 7.67. The topological polar surface area (TPSA) is 23.5 Å². The molecule has 0 saturated heterocycles.